The Bertz CT molecular complexity index is 516. The molecule has 0 aliphatic rings. The lowest BCUT2D eigenvalue weighted by Crippen LogP contribution is -2.12. The van der Waals surface area contributed by atoms with Gasteiger partial charge in [-0.05, 0) is 23.8 Å². The lowest BCUT2D eigenvalue weighted by Gasteiger charge is -2.14. The van der Waals surface area contributed by atoms with Gasteiger partial charge in [-0.1, -0.05) is 41.9 Å². The molecule has 0 fully saturated rings. The van der Waals surface area contributed by atoms with Gasteiger partial charge >= 0.3 is 0 Å². The zero-order chi connectivity index (χ0) is 13.0. The number of anilines is 2. The maximum absolute atomic E-state index is 10.00. The van der Waals surface area contributed by atoms with Crippen molar-refractivity contribution in [2.45, 2.75) is 6.10 Å². The maximum atomic E-state index is 10.00. The van der Waals surface area contributed by atoms with Gasteiger partial charge in [0.15, 0.2) is 0 Å². The van der Waals surface area contributed by atoms with Crippen LogP contribution in [0.3, 0.4) is 0 Å². The predicted molar refractivity (Wildman–Crippen MR) is 75.8 cm³/mol. The molecule has 4 heteroatoms. The van der Waals surface area contributed by atoms with Crippen LogP contribution >= 0.6 is 11.6 Å². The van der Waals surface area contributed by atoms with Crippen LogP contribution in [0.15, 0.2) is 48.5 Å². The summed E-state index contributed by atoms with van der Waals surface area (Å²) in [6.45, 7) is 0.396. The largest absolute Gasteiger partial charge is 0.399 e. The third-order valence-electron chi connectivity index (χ3n) is 2.66. The van der Waals surface area contributed by atoms with Crippen molar-refractivity contribution in [3.05, 3.63) is 59.1 Å². The second kappa shape index (κ2) is 5.76. The number of nitrogens with two attached hydrogens (primary N) is 1. The number of halogens is 1. The molecule has 0 heterocycles. The molecular weight excluding hydrogens is 248 g/mol. The molecule has 0 spiro atoms. The molecule has 1 atom stereocenters. The molecule has 0 radical (unpaired) electrons. The van der Waals surface area contributed by atoms with Gasteiger partial charge < -0.3 is 16.2 Å². The third kappa shape index (κ3) is 3.15. The van der Waals surface area contributed by atoms with Crippen molar-refractivity contribution in [1.82, 2.24) is 0 Å². The predicted octanol–water partition coefficient (Wildman–Crippen LogP) is 3.07. The quantitative estimate of drug-likeness (QED) is 0.742. The number of aliphatic hydroxyl groups excluding tert-OH is 1. The first-order chi connectivity index (χ1) is 8.66. The number of nitrogen functional groups attached to an aromatic ring is 1. The molecule has 2 aromatic rings. The van der Waals surface area contributed by atoms with Crippen molar-refractivity contribution >= 4 is 23.0 Å². The van der Waals surface area contributed by atoms with E-state index >= 15 is 0 Å². The van der Waals surface area contributed by atoms with Crippen LogP contribution in [0.25, 0.3) is 0 Å². The molecule has 94 valence electrons. The zero-order valence-electron chi connectivity index (χ0n) is 9.81. The van der Waals surface area contributed by atoms with Crippen LogP contribution in [-0.2, 0) is 0 Å². The van der Waals surface area contributed by atoms with Gasteiger partial charge in [-0.15, -0.1) is 0 Å². The van der Waals surface area contributed by atoms with Crippen LogP contribution < -0.4 is 11.1 Å². The Morgan fingerprint density at radius 1 is 1.17 bits per heavy atom. The van der Waals surface area contributed by atoms with E-state index in [2.05, 4.69) is 5.32 Å². The van der Waals surface area contributed by atoms with E-state index in [0.29, 0.717) is 17.3 Å². The molecule has 4 N–H and O–H groups in total. The van der Waals surface area contributed by atoms with Gasteiger partial charge in [0, 0.05) is 12.2 Å². The van der Waals surface area contributed by atoms with Crippen molar-refractivity contribution in [3.63, 3.8) is 0 Å². The van der Waals surface area contributed by atoms with Crippen LogP contribution in [0, 0.1) is 0 Å². The number of hydrogen-bond acceptors (Lipinski definition) is 3. The topological polar surface area (TPSA) is 58.3 Å². The minimum absolute atomic E-state index is 0.396. The Hall–Kier alpha value is -1.71. The zero-order valence-corrected chi connectivity index (χ0v) is 10.6. The summed E-state index contributed by atoms with van der Waals surface area (Å²) >= 11 is 6.03. The molecule has 0 bridgehead atoms. The van der Waals surface area contributed by atoms with Crippen molar-refractivity contribution in [2.75, 3.05) is 17.6 Å². The molecule has 0 aromatic heterocycles. The summed E-state index contributed by atoms with van der Waals surface area (Å²) in [5.41, 5.74) is 7.87. The molecule has 0 saturated heterocycles. The van der Waals surface area contributed by atoms with Gasteiger partial charge in [-0.3, -0.25) is 0 Å². The molecule has 3 nitrogen and oxygen atoms in total. The first-order valence-corrected chi connectivity index (χ1v) is 6.06. The number of hydrogen-bond donors (Lipinski definition) is 3. The fourth-order valence-electron chi connectivity index (χ4n) is 1.67. The molecular formula is C14H15ClN2O. The van der Waals surface area contributed by atoms with Crippen LogP contribution in [0.2, 0.25) is 5.02 Å². The Balaban J connectivity index is 1.99. The van der Waals surface area contributed by atoms with Gasteiger partial charge in [0.05, 0.1) is 16.8 Å². The fraction of sp³-hybridized carbons (Fsp3) is 0.143. The van der Waals surface area contributed by atoms with Crippen LogP contribution in [0.1, 0.15) is 11.7 Å². The first-order valence-electron chi connectivity index (χ1n) is 5.69. The first kappa shape index (κ1) is 12.7. The summed E-state index contributed by atoms with van der Waals surface area (Å²) in [7, 11) is 0. The SMILES string of the molecule is Nc1ccc(NCC(O)c2ccccc2)c(Cl)c1. The molecule has 18 heavy (non-hydrogen) atoms. The molecule has 2 aromatic carbocycles. The van der Waals surface area contributed by atoms with E-state index < -0.39 is 6.10 Å². The highest BCUT2D eigenvalue weighted by molar-refractivity contribution is 6.33. The summed E-state index contributed by atoms with van der Waals surface area (Å²) in [6.07, 6.45) is -0.570. The van der Waals surface area contributed by atoms with Crippen molar-refractivity contribution in [1.29, 1.82) is 0 Å². The van der Waals surface area contributed by atoms with Crippen LogP contribution in [0.5, 0.6) is 0 Å². The van der Waals surface area contributed by atoms with E-state index in [1.165, 1.54) is 0 Å². The minimum Gasteiger partial charge on any atom is -0.399 e. The smallest absolute Gasteiger partial charge is 0.0962 e. The molecule has 0 amide bonds. The summed E-state index contributed by atoms with van der Waals surface area (Å²) in [6, 6.07) is 14.7. The van der Waals surface area contributed by atoms with Crippen molar-refractivity contribution in [2.24, 2.45) is 0 Å². The number of nitrogens with one attached hydrogen (secondary N) is 1. The second-order valence-corrected chi connectivity index (χ2v) is 4.45. The van der Waals surface area contributed by atoms with E-state index in [1.807, 2.05) is 30.3 Å². The highest BCUT2D eigenvalue weighted by Crippen LogP contribution is 2.24. The average molecular weight is 263 g/mol. The lowest BCUT2D eigenvalue weighted by atomic mass is 10.1. The standard InChI is InChI=1S/C14H15ClN2O/c15-12-8-11(16)6-7-13(12)17-9-14(18)10-4-2-1-3-5-10/h1-8,14,17-18H,9,16H2. The van der Waals surface area contributed by atoms with Gasteiger partial charge in [0.2, 0.25) is 0 Å². The Morgan fingerprint density at radius 2 is 1.89 bits per heavy atom. The van der Waals surface area contributed by atoms with E-state index in [9.17, 15) is 5.11 Å². The maximum Gasteiger partial charge on any atom is 0.0962 e. The Kier molecular flexibility index (Phi) is 4.07. The number of benzene rings is 2. The normalized spacial score (nSPS) is 12.1. The average Bonchev–Trinajstić information content (AvgIpc) is 2.38. The highest BCUT2D eigenvalue weighted by Gasteiger charge is 2.07. The van der Waals surface area contributed by atoms with Crippen molar-refractivity contribution < 1.29 is 5.11 Å². The lowest BCUT2D eigenvalue weighted by molar-refractivity contribution is 0.191. The monoisotopic (exact) mass is 262 g/mol. The summed E-state index contributed by atoms with van der Waals surface area (Å²) < 4.78 is 0. The van der Waals surface area contributed by atoms with E-state index in [1.54, 1.807) is 18.2 Å². The van der Waals surface area contributed by atoms with Crippen molar-refractivity contribution in [3.8, 4) is 0 Å². The van der Waals surface area contributed by atoms with Gasteiger partial charge in [-0.2, -0.15) is 0 Å². The van der Waals surface area contributed by atoms with E-state index in [4.69, 9.17) is 17.3 Å². The van der Waals surface area contributed by atoms with E-state index in [-0.39, 0.29) is 0 Å². The summed E-state index contributed by atoms with van der Waals surface area (Å²) in [4.78, 5) is 0. The third-order valence-corrected chi connectivity index (χ3v) is 2.98. The van der Waals surface area contributed by atoms with E-state index in [0.717, 1.165) is 11.3 Å². The van der Waals surface area contributed by atoms with Gasteiger partial charge in [0.25, 0.3) is 0 Å². The molecule has 0 aliphatic carbocycles. The highest BCUT2D eigenvalue weighted by atomic mass is 35.5. The summed E-state index contributed by atoms with van der Waals surface area (Å²) in [5.74, 6) is 0. The Labute approximate surface area is 111 Å². The number of rotatable bonds is 4. The Morgan fingerprint density at radius 3 is 2.56 bits per heavy atom. The molecule has 2 rings (SSSR count). The van der Waals surface area contributed by atoms with Gasteiger partial charge in [-0.25, -0.2) is 0 Å². The molecule has 1 unspecified atom stereocenters. The second-order valence-electron chi connectivity index (χ2n) is 4.05. The molecule has 0 saturated carbocycles. The minimum atomic E-state index is -0.570. The van der Waals surface area contributed by atoms with Gasteiger partial charge in [0.1, 0.15) is 0 Å². The van der Waals surface area contributed by atoms with Crippen LogP contribution in [0.4, 0.5) is 11.4 Å². The molecule has 0 aliphatic heterocycles. The van der Waals surface area contributed by atoms with Crippen LogP contribution in [-0.4, -0.2) is 11.7 Å². The number of aliphatic hydroxyl groups is 1. The fourth-order valence-corrected chi connectivity index (χ4v) is 1.93. The summed E-state index contributed by atoms with van der Waals surface area (Å²) in [5, 5.41) is 13.6.